The summed E-state index contributed by atoms with van der Waals surface area (Å²) < 4.78 is 0. The van der Waals surface area contributed by atoms with E-state index in [1.54, 1.807) is 24.3 Å². The van der Waals surface area contributed by atoms with Crippen LogP contribution >= 0.6 is 0 Å². The number of rotatable bonds is 6. The van der Waals surface area contributed by atoms with E-state index < -0.39 is 36.0 Å². The van der Waals surface area contributed by atoms with Crippen LogP contribution < -0.4 is 16.0 Å². The van der Waals surface area contributed by atoms with Gasteiger partial charge in [0.15, 0.2) is 5.54 Å². The molecule has 6 amide bonds. The number of hydrogen-bond donors (Lipinski definition) is 3. The second kappa shape index (κ2) is 7.98. The molecule has 0 spiro atoms. The zero-order valence-electron chi connectivity index (χ0n) is 16.3. The first-order valence-corrected chi connectivity index (χ1v) is 9.82. The molecule has 1 atom stereocenters. The molecule has 1 saturated heterocycles. The molecule has 8 nitrogen and oxygen atoms in total. The number of nitrogens with zero attached hydrogens (tertiary/aromatic N) is 1. The highest BCUT2D eigenvalue weighted by Gasteiger charge is 2.52. The second-order valence-electron chi connectivity index (χ2n) is 7.55. The van der Waals surface area contributed by atoms with Crippen molar-refractivity contribution in [3.63, 3.8) is 0 Å². The van der Waals surface area contributed by atoms with E-state index in [0.29, 0.717) is 5.56 Å². The van der Waals surface area contributed by atoms with Crippen molar-refractivity contribution >= 4 is 23.9 Å². The smallest absolute Gasteiger partial charge is 0.325 e. The number of amides is 6. The zero-order valence-corrected chi connectivity index (χ0v) is 16.3. The second-order valence-corrected chi connectivity index (χ2v) is 7.55. The van der Waals surface area contributed by atoms with Gasteiger partial charge in [-0.05, 0) is 24.0 Å². The fourth-order valence-corrected chi connectivity index (χ4v) is 3.57. The van der Waals surface area contributed by atoms with E-state index in [9.17, 15) is 19.2 Å². The summed E-state index contributed by atoms with van der Waals surface area (Å²) in [6, 6.07) is 17.1. The Hall–Kier alpha value is -3.68. The van der Waals surface area contributed by atoms with E-state index >= 15 is 0 Å². The van der Waals surface area contributed by atoms with Crippen LogP contribution in [0.4, 0.5) is 9.59 Å². The van der Waals surface area contributed by atoms with Crippen molar-refractivity contribution in [3.8, 4) is 0 Å². The van der Waals surface area contributed by atoms with Crippen LogP contribution in [0.1, 0.15) is 24.0 Å². The summed E-state index contributed by atoms with van der Waals surface area (Å²) in [4.78, 5) is 51.0. The zero-order chi connectivity index (χ0) is 21.1. The van der Waals surface area contributed by atoms with Crippen LogP contribution in [-0.4, -0.2) is 41.4 Å². The minimum Gasteiger partial charge on any atom is -0.335 e. The van der Waals surface area contributed by atoms with Crippen LogP contribution in [0.15, 0.2) is 60.7 Å². The Kier molecular flexibility index (Phi) is 5.22. The largest absolute Gasteiger partial charge is 0.335 e. The predicted molar refractivity (Wildman–Crippen MR) is 108 cm³/mol. The van der Waals surface area contributed by atoms with Crippen LogP contribution in [0.3, 0.4) is 0 Å². The third kappa shape index (κ3) is 4.03. The summed E-state index contributed by atoms with van der Waals surface area (Å²) >= 11 is 0. The topological polar surface area (TPSA) is 108 Å². The van der Waals surface area contributed by atoms with Gasteiger partial charge < -0.3 is 10.6 Å². The molecule has 1 heterocycles. The van der Waals surface area contributed by atoms with Gasteiger partial charge in [-0.2, -0.15) is 0 Å². The summed E-state index contributed by atoms with van der Waals surface area (Å²) in [7, 11) is 0. The van der Waals surface area contributed by atoms with Gasteiger partial charge in [0.2, 0.25) is 5.91 Å². The summed E-state index contributed by atoms with van der Waals surface area (Å²) in [5.74, 6) is -1.25. The van der Waals surface area contributed by atoms with Gasteiger partial charge in [0.05, 0.1) is 0 Å². The molecule has 2 aromatic carbocycles. The van der Waals surface area contributed by atoms with Crippen LogP contribution in [0.5, 0.6) is 0 Å². The Labute approximate surface area is 173 Å². The van der Waals surface area contributed by atoms with Crippen LogP contribution in [0.2, 0.25) is 0 Å². The van der Waals surface area contributed by atoms with Crippen molar-refractivity contribution in [1.82, 2.24) is 20.9 Å². The molecule has 0 unspecified atom stereocenters. The van der Waals surface area contributed by atoms with E-state index in [4.69, 9.17) is 0 Å². The lowest BCUT2D eigenvalue weighted by Crippen LogP contribution is -2.48. The molecule has 3 N–H and O–H groups in total. The summed E-state index contributed by atoms with van der Waals surface area (Å²) in [6.45, 7) is -0.536. The number of carbonyl (C=O) groups excluding carboxylic acids is 4. The minimum absolute atomic E-state index is 0.0890. The molecule has 0 bridgehead atoms. The van der Waals surface area contributed by atoms with Crippen molar-refractivity contribution in [2.75, 3.05) is 6.54 Å². The molecule has 1 aliphatic heterocycles. The molecular weight excluding hydrogens is 384 g/mol. The van der Waals surface area contributed by atoms with E-state index in [0.717, 1.165) is 23.3 Å². The Balaban J connectivity index is 1.55. The van der Waals surface area contributed by atoms with Gasteiger partial charge in [0.25, 0.3) is 5.91 Å². The van der Waals surface area contributed by atoms with Gasteiger partial charge in [-0.3, -0.25) is 19.8 Å². The number of hydrogen-bond acceptors (Lipinski definition) is 4. The third-order valence-electron chi connectivity index (χ3n) is 5.22. The number of imide groups is 2. The molecular formula is C22H22N4O4. The van der Waals surface area contributed by atoms with Crippen LogP contribution in [-0.2, 0) is 21.5 Å². The normalized spacial score (nSPS) is 20.6. The van der Waals surface area contributed by atoms with Gasteiger partial charge in [-0.25, -0.2) is 9.59 Å². The molecule has 1 saturated carbocycles. The monoisotopic (exact) mass is 406 g/mol. The summed E-state index contributed by atoms with van der Waals surface area (Å²) in [5.41, 5.74) is 0.169. The predicted octanol–water partition coefficient (Wildman–Crippen LogP) is 1.66. The molecule has 2 aromatic rings. The van der Waals surface area contributed by atoms with E-state index in [2.05, 4.69) is 16.0 Å². The van der Waals surface area contributed by atoms with Crippen LogP contribution in [0, 0.1) is 0 Å². The Morgan fingerprint density at radius 2 is 1.63 bits per heavy atom. The van der Waals surface area contributed by atoms with Gasteiger partial charge in [0.1, 0.15) is 6.54 Å². The molecule has 2 fully saturated rings. The maximum atomic E-state index is 13.4. The molecule has 154 valence electrons. The number of carbonyl (C=O) groups is 4. The number of benzene rings is 2. The molecule has 0 aromatic heterocycles. The molecule has 2 aliphatic rings. The van der Waals surface area contributed by atoms with Crippen molar-refractivity contribution in [3.05, 3.63) is 71.8 Å². The molecule has 0 radical (unpaired) electrons. The van der Waals surface area contributed by atoms with Crippen LogP contribution in [0.25, 0.3) is 0 Å². The molecule has 30 heavy (non-hydrogen) atoms. The first-order chi connectivity index (χ1) is 14.5. The molecule has 4 rings (SSSR count). The lowest BCUT2D eigenvalue weighted by atomic mass is 9.83. The number of urea groups is 2. The van der Waals surface area contributed by atoms with E-state index in [1.807, 2.05) is 36.4 Å². The van der Waals surface area contributed by atoms with Gasteiger partial charge >= 0.3 is 12.1 Å². The maximum Gasteiger partial charge on any atom is 0.325 e. The SMILES string of the molecule is O=C(CN1C(=O)N[C@@](Cc2ccccc2)(c2ccccc2)C1=O)NC(=O)NC1CC1. The summed E-state index contributed by atoms with van der Waals surface area (Å²) in [5, 5.41) is 7.60. The quantitative estimate of drug-likeness (QED) is 0.634. The standard InChI is InChI=1S/C22H22N4O4/c27-18(24-20(29)23-17-11-12-17)14-26-19(28)22(25-21(26)30,16-9-5-2-6-10-16)13-15-7-3-1-4-8-15/h1-10,17H,11-14H2,(H,25,30)(H2,23,24,27,29)/t22-/m0/s1. The van der Waals surface area contributed by atoms with Gasteiger partial charge in [0, 0.05) is 12.5 Å². The average Bonchev–Trinajstić information content (AvgIpc) is 3.52. The Morgan fingerprint density at radius 3 is 2.27 bits per heavy atom. The van der Waals surface area contributed by atoms with Crippen molar-refractivity contribution < 1.29 is 19.2 Å². The van der Waals surface area contributed by atoms with Gasteiger partial charge in [-0.15, -0.1) is 0 Å². The first-order valence-electron chi connectivity index (χ1n) is 9.82. The van der Waals surface area contributed by atoms with Crippen molar-refractivity contribution in [1.29, 1.82) is 0 Å². The molecule has 8 heteroatoms. The highest BCUT2D eigenvalue weighted by Crippen LogP contribution is 2.32. The fraction of sp³-hybridized carbons (Fsp3) is 0.273. The first kappa shape index (κ1) is 19.6. The lowest BCUT2D eigenvalue weighted by molar-refractivity contribution is -0.135. The lowest BCUT2D eigenvalue weighted by Gasteiger charge is -2.27. The van der Waals surface area contributed by atoms with Crippen molar-refractivity contribution in [2.45, 2.75) is 30.8 Å². The maximum absolute atomic E-state index is 13.4. The highest BCUT2D eigenvalue weighted by atomic mass is 16.2. The third-order valence-corrected chi connectivity index (χ3v) is 5.22. The van der Waals surface area contributed by atoms with Gasteiger partial charge in [-0.1, -0.05) is 60.7 Å². The van der Waals surface area contributed by atoms with E-state index in [-0.39, 0.29) is 12.5 Å². The average molecular weight is 406 g/mol. The minimum atomic E-state index is -1.32. The summed E-state index contributed by atoms with van der Waals surface area (Å²) in [6.07, 6.45) is 2.00. The Morgan fingerprint density at radius 1 is 1.00 bits per heavy atom. The fourth-order valence-electron chi connectivity index (χ4n) is 3.57. The number of nitrogens with one attached hydrogen (secondary N) is 3. The van der Waals surface area contributed by atoms with Crippen molar-refractivity contribution in [2.24, 2.45) is 0 Å². The highest BCUT2D eigenvalue weighted by molar-refractivity contribution is 6.10. The Bertz CT molecular complexity index is 975. The molecule has 1 aliphatic carbocycles. The van der Waals surface area contributed by atoms with E-state index in [1.165, 1.54) is 0 Å².